The minimum Gasteiger partial charge on any atom is -0.468 e. The number of methoxy groups -OCH3 is 1. The molecular weight excluding hydrogens is 292 g/mol. The van der Waals surface area contributed by atoms with Crippen molar-refractivity contribution in [3.8, 4) is 0 Å². The third-order valence-electron chi connectivity index (χ3n) is 1.95. The van der Waals surface area contributed by atoms with E-state index in [0.717, 1.165) is 0 Å². The third kappa shape index (κ3) is 3.85. The molecule has 0 spiro atoms. The van der Waals surface area contributed by atoms with Gasteiger partial charge < -0.3 is 9.47 Å². The molecule has 0 N–H and O–H groups in total. The van der Waals surface area contributed by atoms with E-state index in [1.165, 1.54) is 24.2 Å². The number of ether oxygens (including phenoxy) is 2. The highest BCUT2D eigenvalue weighted by molar-refractivity contribution is 9.10. The molecule has 6 nitrogen and oxygen atoms in total. The van der Waals surface area contributed by atoms with Crippen LogP contribution >= 0.6 is 15.9 Å². The first-order valence-corrected chi connectivity index (χ1v) is 5.91. The Labute approximate surface area is 107 Å². The maximum absolute atomic E-state index is 11.4. The van der Waals surface area contributed by atoms with Gasteiger partial charge in [0.15, 0.2) is 0 Å². The molecule has 1 rings (SSSR count). The van der Waals surface area contributed by atoms with Crippen molar-refractivity contribution in [1.82, 2.24) is 9.78 Å². The summed E-state index contributed by atoms with van der Waals surface area (Å²) in [6.45, 7) is 2.33. The number of carbonyl (C=O) groups excluding carboxylic acids is 2. The molecule has 0 bridgehead atoms. The van der Waals surface area contributed by atoms with Gasteiger partial charge in [-0.3, -0.25) is 9.48 Å². The zero-order valence-corrected chi connectivity index (χ0v) is 11.1. The zero-order chi connectivity index (χ0) is 12.8. The van der Waals surface area contributed by atoms with E-state index in [9.17, 15) is 9.59 Å². The summed E-state index contributed by atoms with van der Waals surface area (Å²) >= 11 is 3.17. The van der Waals surface area contributed by atoms with Crippen molar-refractivity contribution in [1.29, 1.82) is 0 Å². The van der Waals surface area contributed by atoms with Gasteiger partial charge in [-0.1, -0.05) is 15.9 Å². The van der Waals surface area contributed by atoms with Crippen LogP contribution in [0.2, 0.25) is 0 Å². The highest BCUT2D eigenvalue weighted by Gasteiger charge is 2.17. The molecule has 17 heavy (non-hydrogen) atoms. The third-order valence-corrected chi connectivity index (χ3v) is 2.61. The largest absolute Gasteiger partial charge is 0.468 e. The average Bonchev–Trinajstić information content (AvgIpc) is 2.76. The number of halogens is 1. The Hall–Kier alpha value is -1.37. The molecule has 0 amide bonds. The Kier molecular flexibility index (Phi) is 5.14. The van der Waals surface area contributed by atoms with E-state index in [4.69, 9.17) is 4.74 Å². The molecule has 94 valence electrons. The minimum atomic E-state index is -0.498. The number of carbonyl (C=O) groups is 2. The topological polar surface area (TPSA) is 70.4 Å². The van der Waals surface area contributed by atoms with Crippen LogP contribution in [0.15, 0.2) is 12.4 Å². The first-order chi connectivity index (χ1) is 8.08. The fraction of sp³-hybridized carbons (Fsp3) is 0.500. The van der Waals surface area contributed by atoms with Crippen molar-refractivity contribution in [3.05, 3.63) is 18.0 Å². The van der Waals surface area contributed by atoms with E-state index in [0.29, 0.717) is 12.2 Å². The summed E-state index contributed by atoms with van der Waals surface area (Å²) in [5.41, 5.74) is 0.358. The lowest BCUT2D eigenvalue weighted by Gasteiger charge is -2.06. The quantitative estimate of drug-likeness (QED) is 0.599. The van der Waals surface area contributed by atoms with Gasteiger partial charge >= 0.3 is 11.9 Å². The molecule has 0 radical (unpaired) electrons. The van der Waals surface area contributed by atoms with Gasteiger partial charge in [0.25, 0.3) is 0 Å². The van der Waals surface area contributed by atoms with Gasteiger partial charge in [-0.15, -0.1) is 0 Å². The Bertz CT molecular complexity index is 405. The maximum Gasteiger partial charge on any atom is 0.341 e. The predicted molar refractivity (Wildman–Crippen MR) is 62.9 cm³/mol. The predicted octanol–water partition coefficient (Wildman–Crippen LogP) is 0.996. The molecule has 1 aromatic heterocycles. The molecule has 0 aromatic carbocycles. The van der Waals surface area contributed by atoms with Crippen LogP contribution in [0.1, 0.15) is 17.3 Å². The van der Waals surface area contributed by atoms with Gasteiger partial charge in [-0.25, -0.2) is 4.79 Å². The first kappa shape index (κ1) is 13.7. The highest BCUT2D eigenvalue weighted by Crippen LogP contribution is 2.07. The average molecular weight is 305 g/mol. The van der Waals surface area contributed by atoms with Crippen LogP contribution in [0, 0.1) is 0 Å². The second kappa shape index (κ2) is 6.39. The van der Waals surface area contributed by atoms with E-state index in [2.05, 4.69) is 25.8 Å². The number of esters is 2. The van der Waals surface area contributed by atoms with Crippen LogP contribution in [0.3, 0.4) is 0 Å². The molecule has 0 aliphatic heterocycles. The molecule has 1 heterocycles. The summed E-state index contributed by atoms with van der Waals surface area (Å²) in [5, 5.41) is 3.95. The van der Waals surface area contributed by atoms with Gasteiger partial charge in [-0.2, -0.15) is 5.10 Å². The lowest BCUT2D eigenvalue weighted by atomic mass is 10.4. The van der Waals surface area contributed by atoms with E-state index < -0.39 is 16.8 Å². The summed E-state index contributed by atoms with van der Waals surface area (Å²) in [5.74, 6) is -0.818. The highest BCUT2D eigenvalue weighted by atomic mass is 79.9. The lowest BCUT2D eigenvalue weighted by Crippen LogP contribution is -2.21. The molecule has 0 saturated carbocycles. The van der Waals surface area contributed by atoms with Crippen molar-refractivity contribution in [2.75, 3.05) is 13.7 Å². The Morgan fingerprint density at radius 1 is 1.59 bits per heavy atom. The molecular formula is C10H13BrN2O4. The molecule has 0 aliphatic carbocycles. The number of hydrogen-bond donors (Lipinski definition) is 0. The number of nitrogens with zero attached hydrogens (tertiary/aromatic N) is 2. The second-order valence-electron chi connectivity index (χ2n) is 3.16. The van der Waals surface area contributed by atoms with E-state index >= 15 is 0 Å². The number of alkyl halides is 1. The summed E-state index contributed by atoms with van der Waals surface area (Å²) in [7, 11) is 1.31. The SMILES string of the molecule is CCOC(=O)c1cnn(CC(Br)C(=O)OC)c1. The Morgan fingerprint density at radius 3 is 2.88 bits per heavy atom. The minimum absolute atomic E-state index is 0.284. The number of rotatable bonds is 5. The van der Waals surface area contributed by atoms with Crippen molar-refractivity contribution in [3.63, 3.8) is 0 Å². The Morgan fingerprint density at radius 2 is 2.29 bits per heavy atom. The summed E-state index contributed by atoms with van der Waals surface area (Å²) in [6.07, 6.45) is 2.92. The summed E-state index contributed by atoms with van der Waals surface area (Å²) in [4.78, 5) is 22.0. The number of aromatic nitrogens is 2. The lowest BCUT2D eigenvalue weighted by molar-refractivity contribution is -0.140. The molecule has 1 unspecified atom stereocenters. The van der Waals surface area contributed by atoms with E-state index in [1.54, 1.807) is 6.92 Å². The standard InChI is InChI=1S/C10H13BrN2O4/c1-3-17-9(14)7-4-12-13(5-7)6-8(11)10(15)16-2/h4-5,8H,3,6H2,1-2H3. The smallest absolute Gasteiger partial charge is 0.341 e. The van der Waals surface area contributed by atoms with Crippen molar-refractivity contribution in [2.24, 2.45) is 0 Å². The van der Waals surface area contributed by atoms with Crippen molar-refractivity contribution >= 4 is 27.9 Å². The fourth-order valence-electron chi connectivity index (χ4n) is 1.15. The van der Waals surface area contributed by atoms with E-state index in [-0.39, 0.29) is 6.54 Å². The Balaban J connectivity index is 2.62. The zero-order valence-electron chi connectivity index (χ0n) is 9.55. The van der Waals surface area contributed by atoms with Crippen LogP contribution in [0.5, 0.6) is 0 Å². The van der Waals surface area contributed by atoms with Gasteiger partial charge in [-0.05, 0) is 6.92 Å². The van der Waals surface area contributed by atoms with Gasteiger partial charge in [0, 0.05) is 6.20 Å². The van der Waals surface area contributed by atoms with Gasteiger partial charge in [0.1, 0.15) is 4.83 Å². The first-order valence-electron chi connectivity index (χ1n) is 5.00. The normalized spacial score (nSPS) is 11.9. The van der Waals surface area contributed by atoms with Gasteiger partial charge in [0.05, 0.1) is 32.0 Å². The number of hydrogen-bond acceptors (Lipinski definition) is 5. The van der Waals surface area contributed by atoms with Crippen LogP contribution in [0.4, 0.5) is 0 Å². The molecule has 7 heteroatoms. The second-order valence-corrected chi connectivity index (χ2v) is 4.27. The van der Waals surface area contributed by atoms with Crippen LogP contribution < -0.4 is 0 Å². The van der Waals surface area contributed by atoms with Crippen LogP contribution in [-0.4, -0.2) is 40.3 Å². The molecule has 0 saturated heterocycles. The van der Waals surface area contributed by atoms with Crippen LogP contribution in [-0.2, 0) is 20.8 Å². The maximum atomic E-state index is 11.4. The van der Waals surface area contributed by atoms with Crippen LogP contribution in [0.25, 0.3) is 0 Å². The fourth-order valence-corrected chi connectivity index (χ4v) is 1.63. The van der Waals surface area contributed by atoms with Crippen molar-refractivity contribution < 1.29 is 19.1 Å². The molecule has 0 fully saturated rings. The van der Waals surface area contributed by atoms with E-state index in [1.807, 2.05) is 0 Å². The summed E-state index contributed by atoms with van der Waals surface area (Å²) < 4.78 is 10.9. The monoisotopic (exact) mass is 304 g/mol. The molecule has 1 aromatic rings. The van der Waals surface area contributed by atoms with Crippen molar-refractivity contribution in [2.45, 2.75) is 18.3 Å². The molecule has 1 atom stereocenters. The summed E-state index contributed by atoms with van der Waals surface area (Å²) in [6, 6.07) is 0. The molecule has 0 aliphatic rings. The van der Waals surface area contributed by atoms with Gasteiger partial charge in [0.2, 0.25) is 0 Å².